The molecule has 0 aliphatic rings. The van der Waals surface area contributed by atoms with E-state index in [0.717, 1.165) is 6.07 Å². The fourth-order valence-corrected chi connectivity index (χ4v) is 1.77. The van der Waals surface area contributed by atoms with Crippen molar-refractivity contribution in [3.63, 3.8) is 0 Å². The van der Waals surface area contributed by atoms with Crippen LogP contribution in [0.3, 0.4) is 0 Å². The Morgan fingerprint density at radius 2 is 2.17 bits per heavy atom. The van der Waals surface area contributed by atoms with Crippen LogP contribution in [0.15, 0.2) is 41.5 Å². The van der Waals surface area contributed by atoms with Crippen LogP contribution in [-0.2, 0) is 0 Å². The zero-order valence-electron chi connectivity index (χ0n) is 12.1. The Balaban J connectivity index is 2.08. The highest BCUT2D eigenvalue weighted by Crippen LogP contribution is 2.25. The highest BCUT2D eigenvalue weighted by Gasteiger charge is 2.11. The molecule has 2 N–H and O–H groups in total. The zero-order valence-corrected chi connectivity index (χ0v) is 12.1. The summed E-state index contributed by atoms with van der Waals surface area (Å²) >= 11 is 0. The number of methoxy groups -OCH3 is 1. The van der Waals surface area contributed by atoms with Crippen LogP contribution in [-0.4, -0.2) is 24.3 Å². The maximum atomic E-state index is 13.7. The lowest BCUT2D eigenvalue weighted by molar-refractivity contribution is 0.0951. The van der Waals surface area contributed by atoms with E-state index in [-0.39, 0.29) is 22.6 Å². The fraction of sp³-hybridized carbons (Fsp3) is 0.0625. The Hall–Kier alpha value is -3.40. The molecule has 2 aromatic rings. The van der Waals surface area contributed by atoms with Gasteiger partial charge < -0.3 is 9.84 Å². The monoisotopic (exact) mass is 313 g/mol. The summed E-state index contributed by atoms with van der Waals surface area (Å²) in [6.45, 7) is 0. The summed E-state index contributed by atoms with van der Waals surface area (Å²) in [5.74, 6) is -1.30. The first kappa shape index (κ1) is 16.0. The normalized spacial score (nSPS) is 10.3. The largest absolute Gasteiger partial charge is 0.504 e. The SMILES string of the molecule is COc1cc(/C=N\NC(=O)c2ccc(C#N)cc2F)ccc1O. The van der Waals surface area contributed by atoms with E-state index in [1.807, 2.05) is 0 Å². The maximum Gasteiger partial charge on any atom is 0.274 e. The number of halogens is 1. The average Bonchev–Trinajstić information content (AvgIpc) is 2.56. The second-order valence-electron chi connectivity index (χ2n) is 4.44. The smallest absolute Gasteiger partial charge is 0.274 e. The molecular formula is C16H12FN3O3. The second kappa shape index (κ2) is 7.04. The number of carbonyl (C=O) groups is 1. The average molecular weight is 313 g/mol. The summed E-state index contributed by atoms with van der Waals surface area (Å²) in [6.07, 6.45) is 1.32. The molecule has 2 aromatic carbocycles. The molecule has 0 aliphatic heterocycles. The van der Waals surface area contributed by atoms with Crippen LogP contribution in [0.25, 0.3) is 0 Å². The Morgan fingerprint density at radius 3 is 2.83 bits per heavy atom. The molecule has 0 radical (unpaired) electrons. The van der Waals surface area contributed by atoms with E-state index in [0.29, 0.717) is 5.56 Å². The molecule has 7 heteroatoms. The van der Waals surface area contributed by atoms with E-state index >= 15 is 0 Å². The van der Waals surface area contributed by atoms with Crippen LogP contribution < -0.4 is 10.2 Å². The van der Waals surface area contributed by atoms with E-state index in [2.05, 4.69) is 10.5 Å². The minimum atomic E-state index is -0.803. The van der Waals surface area contributed by atoms with Crippen molar-refractivity contribution in [1.82, 2.24) is 5.43 Å². The molecule has 23 heavy (non-hydrogen) atoms. The lowest BCUT2D eigenvalue weighted by Crippen LogP contribution is -2.19. The van der Waals surface area contributed by atoms with E-state index in [1.165, 1.54) is 37.6 Å². The topological polar surface area (TPSA) is 94.7 Å². The Morgan fingerprint density at radius 1 is 1.39 bits per heavy atom. The number of hydrogen-bond donors (Lipinski definition) is 2. The molecule has 2 rings (SSSR count). The van der Waals surface area contributed by atoms with Crippen molar-refractivity contribution in [3.05, 3.63) is 58.9 Å². The lowest BCUT2D eigenvalue weighted by Gasteiger charge is -2.04. The Kier molecular flexibility index (Phi) is 4.89. The number of phenols is 1. The van der Waals surface area contributed by atoms with Crippen LogP contribution in [0.1, 0.15) is 21.5 Å². The Bertz CT molecular complexity index is 813. The van der Waals surface area contributed by atoms with Gasteiger partial charge in [-0.3, -0.25) is 4.79 Å². The van der Waals surface area contributed by atoms with Gasteiger partial charge >= 0.3 is 0 Å². The minimum absolute atomic E-state index is 0.0201. The molecule has 1 amide bonds. The number of aromatic hydroxyl groups is 1. The van der Waals surface area contributed by atoms with Gasteiger partial charge in [-0.15, -0.1) is 0 Å². The number of carbonyl (C=O) groups excluding carboxylic acids is 1. The van der Waals surface area contributed by atoms with Gasteiger partial charge in [-0.2, -0.15) is 10.4 Å². The number of nitriles is 1. The van der Waals surface area contributed by atoms with Crippen LogP contribution in [0.2, 0.25) is 0 Å². The summed E-state index contributed by atoms with van der Waals surface area (Å²) in [4.78, 5) is 11.8. The van der Waals surface area contributed by atoms with Crippen LogP contribution in [0, 0.1) is 17.1 Å². The van der Waals surface area contributed by atoms with Gasteiger partial charge in [0, 0.05) is 0 Å². The number of amides is 1. The molecule has 0 bridgehead atoms. The maximum absolute atomic E-state index is 13.7. The Labute approximate surface area is 131 Å². The molecule has 0 atom stereocenters. The molecule has 116 valence electrons. The van der Waals surface area contributed by atoms with E-state index in [4.69, 9.17) is 10.00 Å². The van der Waals surface area contributed by atoms with Crippen molar-refractivity contribution in [3.8, 4) is 17.6 Å². The predicted octanol–water partition coefficient (Wildman–Crippen LogP) is 2.18. The quantitative estimate of drug-likeness (QED) is 0.668. The first-order chi connectivity index (χ1) is 11.0. The van der Waals surface area contributed by atoms with E-state index in [9.17, 15) is 14.3 Å². The zero-order chi connectivity index (χ0) is 16.8. The highest BCUT2D eigenvalue weighted by atomic mass is 19.1. The van der Waals surface area contributed by atoms with Gasteiger partial charge in [0.05, 0.1) is 30.5 Å². The summed E-state index contributed by atoms with van der Waals surface area (Å²) in [5, 5.41) is 21.8. The molecule has 0 spiro atoms. The number of nitrogens with zero attached hydrogens (tertiary/aromatic N) is 2. The molecular weight excluding hydrogens is 301 g/mol. The summed E-state index contributed by atoms with van der Waals surface area (Å²) in [7, 11) is 1.41. The summed E-state index contributed by atoms with van der Waals surface area (Å²) < 4.78 is 18.6. The fourth-order valence-electron chi connectivity index (χ4n) is 1.77. The lowest BCUT2D eigenvalue weighted by atomic mass is 10.1. The van der Waals surface area contributed by atoms with Gasteiger partial charge in [0.25, 0.3) is 5.91 Å². The van der Waals surface area contributed by atoms with Crippen molar-refractivity contribution >= 4 is 12.1 Å². The van der Waals surface area contributed by atoms with Crippen LogP contribution >= 0.6 is 0 Å². The van der Waals surface area contributed by atoms with E-state index < -0.39 is 11.7 Å². The molecule has 6 nitrogen and oxygen atoms in total. The van der Waals surface area contributed by atoms with Crippen molar-refractivity contribution in [2.75, 3.05) is 7.11 Å². The van der Waals surface area contributed by atoms with Gasteiger partial charge in [-0.25, -0.2) is 9.82 Å². The third kappa shape index (κ3) is 3.83. The van der Waals surface area contributed by atoms with Crippen molar-refractivity contribution in [2.24, 2.45) is 5.10 Å². The van der Waals surface area contributed by atoms with Gasteiger partial charge in [-0.05, 0) is 42.0 Å². The van der Waals surface area contributed by atoms with Crippen LogP contribution in [0.5, 0.6) is 11.5 Å². The number of phenolic OH excluding ortho intramolecular Hbond substituents is 1. The van der Waals surface area contributed by atoms with Gasteiger partial charge in [0.2, 0.25) is 0 Å². The number of hydrogen-bond acceptors (Lipinski definition) is 5. The molecule has 0 aromatic heterocycles. The van der Waals surface area contributed by atoms with Gasteiger partial charge in [0.1, 0.15) is 5.82 Å². The first-order valence-electron chi connectivity index (χ1n) is 6.45. The van der Waals surface area contributed by atoms with Crippen molar-refractivity contribution in [1.29, 1.82) is 5.26 Å². The number of rotatable bonds is 4. The van der Waals surface area contributed by atoms with E-state index in [1.54, 1.807) is 12.1 Å². The number of benzene rings is 2. The van der Waals surface area contributed by atoms with Gasteiger partial charge in [-0.1, -0.05) is 0 Å². The second-order valence-corrected chi connectivity index (χ2v) is 4.44. The van der Waals surface area contributed by atoms with Crippen LogP contribution in [0.4, 0.5) is 4.39 Å². The van der Waals surface area contributed by atoms with Crippen molar-refractivity contribution < 1.29 is 19.0 Å². The number of ether oxygens (including phenoxy) is 1. The predicted molar refractivity (Wildman–Crippen MR) is 80.8 cm³/mol. The third-order valence-electron chi connectivity index (χ3n) is 2.93. The molecule has 0 fully saturated rings. The molecule has 0 saturated heterocycles. The molecule has 0 saturated carbocycles. The number of nitrogens with one attached hydrogen (secondary N) is 1. The first-order valence-corrected chi connectivity index (χ1v) is 6.45. The summed E-state index contributed by atoms with van der Waals surface area (Å²) in [5.41, 5.74) is 2.66. The highest BCUT2D eigenvalue weighted by molar-refractivity contribution is 5.95. The number of hydrazone groups is 1. The summed E-state index contributed by atoms with van der Waals surface area (Å²) in [6, 6.07) is 9.81. The third-order valence-corrected chi connectivity index (χ3v) is 2.93. The molecule has 0 heterocycles. The minimum Gasteiger partial charge on any atom is -0.504 e. The van der Waals surface area contributed by atoms with Gasteiger partial charge in [0.15, 0.2) is 11.5 Å². The molecule has 0 aliphatic carbocycles. The van der Waals surface area contributed by atoms with Crippen molar-refractivity contribution in [2.45, 2.75) is 0 Å². The standard InChI is InChI=1S/C16H12FN3O3/c1-23-15-7-11(3-5-14(15)21)9-19-20-16(22)12-4-2-10(8-18)6-13(12)17/h2-7,9,21H,1H3,(H,20,22)/b19-9-. The molecule has 0 unspecified atom stereocenters.